The first-order valence-electron chi connectivity index (χ1n) is 7.36. The summed E-state index contributed by atoms with van der Waals surface area (Å²) in [7, 11) is 0. The fraction of sp³-hybridized carbons (Fsp3) is 0.389. The van der Waals surface area contributed by atoms with Crippen molar-refractivity contribution in [2.24, 2.45) is 0 Å². The molecule has 3 heteroatoms. The third kappa shape index (κ3) is 2.60. The summed E-state index contributed by atoms with van der Waals surface area (Å²) in [5.74, 6) is 0. The van der Waals surface area contributed by atoms with E-state index in [2.05, 4.69) is 19.1 Å². The van der Waals surface area contributed by atoms with Crippen molar-refractivity contribution in [3.63, 3.8) is 0 Å². The second-order valence-electron chi connectivity index (χ2n) is 6.75. The van der Waals surface area contributed by atoms with E-state index in [1.165, 1.54) is 22.1 Å². The summed E-state index contributed by atoms with van der Waals surface area (Å²) in [6, 6.07) is 6.14. The van der Waals surface area contributed by atoms with Crippen LogP contribution in [-0.2, 0) is 17.6 Å². The van der Waals surface area contributed by atoms with Crippen LogP contribution in [0.1, 0.15) is 38.8 Å². The van der Waals surface area contributed by atoms with Crippen molar-refractivity contribution in [1.82, 2.24) is 4.57 Å². The van der Waals surface area contributed by atoms with E-state index in [0.717, 1.165) is 18.4 Å². The predicted molar refractivity (Wildman–Crippen MR) is 84.7 cm³/mol. The highest BCUT2D eigenvalue weighted by Gasteiger charge is 2.22. The highest BCUT2D eigenvalue weighted by molar-refractivity contribution is 5.94. The van der Waals surface area contributed by atoms with Gasteiger partial charge in [0.2, 0.25) is 0 Å². The molecule has 0 bridgehead atoms. The number of aromatic nitrogens is 1. The Morgan fingerprint density at radius 3 is 2.71 bits per heavy atom. The number of benzene rings is 1. The van der Waals surface area contributed by atoms with Crippen molar-refractivity contribution >= 4 is 17.0 Å². The number of rotatable bonds is 0. The van der Waals surface area contributed by atoms with Crippen molar-refractivity contribution in [3.8, 4) is 0 Å². The summed E-state index contributed by atoms with van der Waals surface area (Å²) in [6.07, 6.45) is 5.72. The molecule has 0 atom stereocenters. The Labute approximate surface area is 125 Å². The van der Waals surface area contributed by atoms with Crippen LogP contribution in [0.5, 0.6) is 0 Å². The summed E-state index contributed by atoms with van der Waals surface area (Å²) in [4.78, 5) is 12.4. The SMILES string of the molecule is CC1=CCc2cccc3c2c(cn3C(=O)OC(C)(C)C)C1. The summed E-state index contributed by atoms with van der Waals surface area (Å²) >= 11 is 0. The number of carbonyl (C=O) groups is 1. The molecule has 2 aromatic rings. The number of ether oxygens (including phenoxy) is 1. The zero-order valence-corrected chi connectivity index (χ0v) is 13.1. The lowest BCUT2D eigenvalue weighted by Crippen LogP contribution is -2.26. The quantitative estimate of drug-likeness (QED) is 0.668. The second kappa shape index (κ2) is 4.76. The van der Waals surface area contributed by atoms with Crippen LogP contribution in [0.3, 0.4) is 0 Å². The van der Waals surface area contributed by atoms with Gasteiger partial charge in [0.15, 0.2) is 0 Å². The largest absolute Gasteiger partial charge is 0.443 e. The Hall–Kier alpha value is -2.03. The van der Waals surface area contributed by atoms with Crippen molar-refractivity contribution in [1.29, 1.82) is 0 Å². The fourth-order valence-electron chi connectivity index (χ4n) is 2.87. The minimum absolute atomic E-state index is 0.307. The minimum Gasteiger partial charge on any atom is -0.443 e. The van der Waals surface area contributed by atoms with E-state index in [1.807, 2.05) is 39.1 Å². The van der Waals surface area contributed by atoms with E-state index in [4.69, 9.17) is 4.74 Å². The first kappa shape index (κ1) is 13.9. The van der Waals surface area contributed by atoms with Crippen LogP contribution in [0, 0.1) is 0 Å². The third-order valence-electron chi connectivity index (χ3n) is 3.72. The van der Waals surface area contributed by atoms with E-state index in [1.54, 1.807) is 4.57 Å². The van der Waals surface area contributed by atoms with E-state index in [-0.39, 0.29) is 6.09 Å². The highest BCUT2D eigenvalue weighted by atomic mass is 16.6. The molecule has 1 aliphatic carbocycles. The maximum absolute atomic E-state index is 12.4. The molecule has 1 aliphatic rings. The Balaban J connectivity index is 2.14. The normalized spacial score (nSPS) is 14.8. The molecule has 0 aliphatic heterocycles. The lowest BCUT2D eigenvalue weighted by Gasteiger charge is -2.19. The monoisotopic (exact) mass is 283 g/mol. The highest BCUT2D eigenvalue weighted by Crippen LogP contribution is 2.30. The van der Waals surface area contributed by atoms with Gasteiger partial charge in [-0.05, 0) is 57.7 Å². The van der Waals surface area contributed by atoms with Crippen LogP contribution in [-0.4, -0.2) is 16.3 Å². The van der Waals surface area contributed by atoms with Crippen LogP contribution in [0.4, 0.5) is 4.79 Å². The van der Waals surface area contributed by atoms with Gasteiger partial charge >= 0.3 is 6.09 Å². The molecular formula is C18H21NO2. The molecule has 0 saturated heterocycles. The molecule has 3 nitrogen and oxygen atoms in total. The van der Waals surface area contributed by atoms with Crippen LogP contribution in [0.25, 0.3) is 10.9 Å². The van der Waals surface area contributed by atoms with Crippen molar-refractivity contribution in [2.45, 2.75) is 46.1 Å². The van der Waals surface area contributed by atoms with Crippen molar-refractivity contribution in [3.05, 3.63) is 47.2 Å². The molecule has 3 rings (SSSR count). The van der Waals surface area contributed by atoms with Gasteiger partial charge in [-0.25, -0.2) is 4.79 Å². The van der Waals surface area contributed by atoms with Gasteiger partial charge in [0.1, 0.15) is 5.60 Å². The van der Waals surface area contributed by atoms with Gasteiger partial charge in [-0.3, -0.25) is 4.57 Å². The van der Waals surface area contributed by atoms with Crippen LogP contribution < -0.4 is 0 Å². The van der Waals surface area contributed by atoms with Crippen LogP contribution in [0.15, 0.2) is 36.0 Å². The molecule has 1 aromatic heterocycles. The van der Waals surface area contributed by atoms with E-state index < -0.39 is 5.60 Å². The van der Waals surface area contributed by atoms with Gasteiger partial charge in [-0.15, -0.1) is 0 Å². The van der Waals surface area contributed by atoms with Crippen LogP contribution in [0.2, 0.25) is 0 Å². The Morgan fingerprint density at radius 1 is 1.24 bits per heavy atom. The number of carbonyl (C=O) groups excluding carboxylic acids is 1. The third-order valence-corrected chi connectivity index (χ3v) is 3.72. The zero-order chi connectivity index (χ0) is 15.2. The first-order valence-corrected chi connectivity index (χ1v) is 7.36. The molecule has 110 valence electrons. The van der Waals surface area contributed by atoms with Gasteiger partial charge in [0, 0.05) is 11.6 Å². The Morgan fingerprint density at radius 2 is 2.00 bits per heavy atom. The lowest BCUT2D eigenvalue weighted by atomic mass is 10.0. The summed E-state index contributed by atoms with van der Waals surface area (Å²) in [6.45, 7) is 7.80. The van der Waals surface area contributed by atoms with Gasteiger partial charge in [-0.2, -0.15) is 0 Å². The molecule has 0 fully saturated rings. The number of nitrogens with zero attached hydrogens (tertiary/aromatic N) is 1. The number of allylic oxidation sites excluding steroid dienone is 2. The first-order chi connectivity index (χ1) is 9.85. The lowest BCUT2D eigenvalue weighted by molar-refractivity contribution is 0.0544. The minimum atomic E-state index is -0.488. The molecule has 1 heterocycles. The molecule has 21 heavy (non-hydrogen) atoms. The smallest absolute Gasteiger partial charge is 0.419 e. The number of hydrogen-bond acceptors (Lipinski definition) is 2. The average Bonchev–Trinajstić information content (AvgIpc) is 2.65. The zero-order valence-electron chi connectivity index (χ0n) is 13.1. The van der Waals surface area contributed by atoms with Gasteiger partial charge < -0.3 is 4.74 Å². The molecule has 1 aromatic carbocycles. The Bertz CT molecular complexity index is 744. The number of hydrogen-bond donors (Lipinski definition) is 0. The maximum Gasteiger partial charge on any atom is 0.419 e. The van der Waals surface area contributed by atoms with Gasteiger partial charge in [0.05, 0.1) is 5.52 Å². The van der Waals surface area contributed by atoms with E-state index in [9.17, 15) is 4.79 Å². The van der Waals surface area contributed by atoms with E-state index >= 15 is 0 Å². The Kier molecular flexibility index (Phi) is 3.16. The summed E-state index contributed by atoms with van der Waals surface area (Å²) < 4.78 is 7.17. The molecule has 0 saturated carbocycles. The second-order valence-corrected chi connectivity index (χ2v) is 6.75. The molecule has 0 unspecified atom stereocenters. The molecular weight excluding hydrogens is 262 g/mol. The topological polar surface area (TPSA) is 31.2 Å². The van der Waals surface area contributed by atoms with E-state index in [0.29, 0.717) is 0 Å². The predicted octanol–water partition coefficient (Wildman–Crippen LogP) is 4.47. The summed E-state index contributed by atoms with van der Waals surface area (Å²) in [5, 5.41) is 1.21. The van der Waals surface area contributed by atoms with Crippen LogP contribution >= 0.6 is 0 Å². The van der Waals surface area contributed by atoms with Gasteiger partial charge in [-0.1, -0.05) is 23.8 Å². The van der Waals surface area contributed by atoms with Crippen molar-refractivity contribution < 1.29 is 9.53 Å². The standard InChI is InChI=1S/C18H21NO2/c1-12-8-9-13-6-5-7-15-16(13)14(10-12)11-19(15)17(20)21-18(2,3)4/h5-8,11H,9-10H2,1-4H3. The molecule has 0 spiro atoms. The van der Waals surface area contributed by atoms with Gasteiger partial charge in [0.25, 0.3) is 0 Å². The summed E-state index contributed by atoms with van der Waals surface area (Å²) in [5.41, 5.74) is 4.28. The fourth-order valence-corrected chi connectivity index (χ4v) is 2.87. The average molecular weight is 283 g/mol. The van der Waals surface area contributed by atoms with Crippen molar-refractivity contribution in [2.75, 3.05) is 0 Å². The molecule has 0 radical (unpaired) electrons. The molecule has 0 amide bonds. The maximum atomic E-state index is 12.4. The molecule has 0 N–H and O–H groups in total.